The van der Waals surface area contributed by atoms with Crippen LogP contribution in [0.3, 0.4) is 0 Å². The van der Waals surface area contributed by atoms with Crippen LogP contribution in [-0.4, -0.2) is 55.0 Å². The van der Waals surface area contributed by atoms with E-state index in [1.54, 1.807) is 0 Å². The van der Waals surface area contributed by atoms with Gasteiger partial charge in [0, 0.05) is 34.3 Å². The first-order valence-electron chi connectivity index (χ1n) is 6.62. The zero-order valence-corrected chi connectivity index (χ0v) is 14.0. The Labute approximate surface area is 120 Å². The van der Waals surface area contributed by atoms with Crippen molar-refractivity contribution in [1.29, 1.82) is 0 Å². The largest absolute Gasteiger partial charge is 0.313 e. The van der Waals surface area contributed by atoms with E-state index in [1.807, 2.05) is 23.5 Å². The van der Waals surface area contributed by atoms with E-state index in [-0.39, 0.29) is 0 Å². The van der Waals surface area contributed by atoms with Crippen LogP contribution in [0.1, 0.15) is 26.7 Å². The number of thioether (sulfide) groups is 2. The van der Waals surface area contributed by atoms with Gasteiger partial charge >= 0.3 is 0 Å². The van der Waals surface area contributed by atoms with Crippen LogP contribution in [0.5, 0.6) is 0 Å². The number of sulfone groups is 1. The quantitative estimate of drug-likeness (QED) is 0.779. The lowest BCUT2D eigenvalue weighted by atomic mass is 10.1. The summed E-state index contributed by atoms with van der Waals surface area (Å²) in [5, 5.41) is 4.70. The number of hydrogen-bond donors (Lipinski definition) is 1. The highest BCUT2D eigenvalue weighted by molar-refractivity contribution is 8.07. The smallest absolute Gasteiger partial charge is 0.147 e. The Morgan fingerprint density at radius 1 is 1.28 bits per heavy atom. The molecule has 3 unspecified atom stereocenters. The molecule has 1 aliphatic heterocycles. The average molecular weight is 312 g/mol. The second-order valence-corrected chi connectivity index (χ2v) is 9.63. The second-order valence-electron chi connectivity index (χ2n) is 4.74. The Bertz CT molecular complexity index is 332. The Kier molecular flexibility index (Phi) is 7.43. The summed E-state index contributed by atoms with van der Waals surface area (Å²) in [6.07, 6.45) is 3.24. The first-order valence-corrected chi connectivity index (χ1v) is 10.8. The SMILES string of the molecule is CCNC(CCS(C)(=O)=O)C1SCCSC1CC. The van der Waals surface area contributed by atoms with E-state index in [4.69, 9.17) is 0 Å². The van der Waals surface area contributed by atoms with Gasteiger partial charge in [0.05, 0.1) is 5.75 Å². The third kappa shape index (κ3) is 5.72. The van der Waals surface area contributed by atoms with Crippen LogP contribution in [0.4, 0.5) is 0 Å². The molecule has 6 heteroatoms. The lowest BCUT2D eigenvalue weighted by Crippen LogP contribution is -2.45. The summed E-state index contributed by atoms with van der Waals surface area (Å²) in [6, 6.07) is 0.326. The van der Waals surface area contributed by atoms with Crippen molar-refractivity contribution in [1.82, 2.24) is 5.32 Å². The molecule has 1 fully saturated rings. The van der Waals surface area contributed by atoms with Crippen LogP contribution in [-0.2, 0) is 9.84 Å². The van der Waals surface area contributed by atoms with E-state index in [9.17, 15) is 8.42 Å². The zero-order chi connectivity index (χ0) is 13.6. The molecule has 1 aliphatic rings. The second kappa shape index (κ2) is 8.02. The molecular weight excluding hydrogens is 286 g/mol. The zero-order valence-electron chi connectivity index (χ0n) is 11.5. The number of rotatable bonds is 7. The minimum absolute atomic E-state index is 0.294. The summed E-state index contributed by atoms with van der Waals surface area (Å²) in [5.41, 5.74) is 0. The van der Waals surface area contributed by atoms with E-state index < -0.39 is 9.84 Å². The maximum absolute atomic E-state index is 11.3. The van der Waals surface area contributed by atoms with Gasteiger partial charge in [-0.05, 0) is 19.4 Å². The molecule has 1 saturated heterocycles. The molecule has 108 valence electrons. The normalized spacial score (nSPS) is 27.1. The monoisotopic (exact) mass is 311 g/mol. The summed E-state index contributed by atoms with van der Waals surface area (Å²) in [4.78, 5) is 0. The van der Waals surface area contributed by atoms with Crippen LogP contribution in [0.15, 0.2) is 0 Å². The maximum atomic E-state index is 11.3. The van der Waals surface area contributed by atoms with Crippen LogP contribution >= 0.6 is 23.5 Å². The Morgan fingerprint density at radius 3 is 2.50 bits per heavy atom. The third-order valence-electron chi connectivity index (χ3n) is 3.16. The molecule has 3 nitrogen and oxygen atoms in total. The molecule has 0 spiro atoms. The lowest BCUT2D eigenvalue weighted by molar-refractivity contribution is 0.478. The number of nitrogens with one attached hydrogen (secondary N) is 1. The molecule has 0 radical (unpaired) electrons. The lowest BCUT2D eigenvalue weighted by Gasteiger charge is -2.36. The van der Waals surface area contributed by atoms with Gasteiger partial charge in [0.2, 0.25) is 0 Å². The van der Waals surface area contributed by atoms with Crippen molar-refractivity contribution >= 4 is 33.4 Å². The topological polar surface area (TPSA) is 46.2 Å². The van der Waals surface area contributed by atoms with Gasteiger partial charge in [-0.3, -0.25) is 0 Å². The molecule has 0 aromatic heterocycles. The van der Waals surface area contributed by atoms with Crippen molar-refractivity contribution in [2.45, 2.75) is 43.2 Å². The Morgan fingerprint density at radius 2 is 1.94 bits per heavy atom. The van der Waals surface area contributed by atoms with Gasteiger partial charge in [0.1, 0.15) is 9.84 Å². The van der Waals surface area contributed by atoms with Gasteiger partial charge in [0.15, 0.2) is 0 Å². The standard InChI is InChI=1S/C12H25NO2S3/c1-4-11-12(17-8-7-16-11)10(13-5-2)6-9-18(3,14)15/h10-13H,4-9H2,1-3H3. The van der Waals surface area contributed by atoms with E-state index in [2.05, 4.69) is 19.2 Å². The molecule has 0 amide bonds. The fraction of sp³-hybridized carbons (Fsp3) is 1.00. The van der Waals surface area contributed by atoms with Crippen LogP contribution in [0, 0.1) is 0 Å². The van der Waals surface area contributed by atoms with Crippen molar-refractivity contribution < 1.29 is 8.42 Å². The van der Waals surface area contributed by atoms with E-state index >= 15 is 0 Å². The number of hydrogen-bond acceptors (Lipinski definition) is 5. The summed E-state index contributed by atoms with van der Waals surface area (Å²) >= 11 is 4.06. The Balaban J connectivity index is 2.63. The Hall–Kier alpha value is 0.610. The first kappa shape index (κ1) is 16.7. The molecular formula is C12H25NO2S3. The van der Waals surface area contributed by atoms with Crippen molar-refractivity contribution in [3.05, 3.63) is 0 Å². The molecule has 0 aliphatic carbocycles. The average Bonchev–Trinajstić information content (AvgIpc) is 2.33. The molecule has 1 heterocycles. The first-order chi connectivity index (χ1) is 8.48. The molecule has 0 aromatic rings. The predicted molar refractivity (Wildman–Crippen MR) is 84.6 cm³/mol. The van der Waals surface area contributed by atoms with Crippen molar-refractivity contribution in [2.75, 3.05) is 30.1 Å². The molecule has 3 atom stereocenters. The van der Waals surface area contributed by atoms with Gasteiger partial charge in [0.25, 0.3) is 0 Å². The van der Waals surface area contributed by atoms with Gasteiger partial charge in [-0.1, -0.05) is 13.8 Å². The maximum Gasteiger partial charge on any atom is 0.147 e. The molecule has 0 saturated carbocycles. The van der Waals surface area contributed by atoms with Gasteiger partial charge < -0.3 is 5.32 Å². The summed E-state index contributed by atoms with van der Waals surface area (Å²) in [5.74, 6) is 2.71. The van der Waals surface area contributed by atoms with Gasteiger partial charge in [-0.25, -0.2) is 8.42 Å². The van der Waals surface area contributed by atoms with Crippen molar-refractivity contribution in [2.24, 2.45) is 0 Å². The fourth-order valence-corrected chi connectivity index (χ4v) is 6.28. The van der Waals surface area contributed by atoms with E-state index in [0.29, 0.717) is 22.3 Å². The van der Waals surface area contributed by atoms with E-state index in [1.165, 1.54) is 24.2 Å². The summed E-state index contributed by atoms with van der Waals surface area (Å²) in [7, 11) is -2.86. The molecule has 0 bridgehead atoms. The van der Waals surface area contributed by atoms with Crippen LogP contribution < -0.4 is 5.32 Å². The fourth-order valence-electron chi connectivity index (χ4n) is 2.30. The third-order valence-corrected chi connectivity index (χ3v) is 7.54. The molecule has 18 heavy (non-hydrogen) atoms. The molecule has 0 aromatic carbocycles. The highest BCUT2D eigenvalue weighted by Gasteiger charge is 2.31. The van der Waals surface area contributed by atoms with Crippen molar-refractivity contribution in [3.63, 3.8) is 0 Å². The minimum Gasteiger partial charge on any atom is -0.313 e. The van der Waals surface area contributed by atoms with Crippen LogP contribution in [0.25, 0.3) is 0 Å². The van der Waals surface area contributed by atoms with Gasteiger partial charge in [-0.2, -0.15) is 23.5 Å². The minimum atomic E-state index is -2.86. The van der Waals surface area contributed by atoms with Gasteiger partial charge in [-0.15, -0.1) is 0 Å². The highest BCUT2D eigenvalue weighted by Crippen LogP contribution is 2.36. The van der Waals surface area contributed by atoms with E-state index in [0.717, 1.165) is 13.0 Å². The molecule has 1 N–H and O–H groups in total. The molecule has 1 rings (SSSR count). The van der Waals surface area contributed by atoms with Crippen LogP contribution in [0.2, 0.25) is 0 Å². The summed E-state index contributed by atoms with van der Waals surface area (Å²) < 4.78 is 22.7. The van der Waals surface area contributed by atoms with Crippen molar-refractivity contribution in [3.8, 4) is 0 Å². The summed E-state index contributed by atoms with van der Waals surface area (Å²) in [6.45, 7) is 5.23. The highest BCUT2D eigenvalue weighted by atomic mass is 32.2. The predicted octanol–water partition coefficient (Wildman–Crippen LogP) is 2.03.